The molecule has 1 fully saturated rings. The topological polar surface area (TPSA) is 44.8 Å². The first kappa shape index (κ1) is 27.4. The van der Waals surface area contributed by atoms with Crippen molar-refractivity contribution in [2.75, 3.05) is 13.2 Å². The third-order valence-electron chi connectivity index (χ3n) is 6.62. The van der Waals surface area contributed by atoms with Crippen molar-refractivity contribution < 1.29 is 41.0 Å². The van der Waals surface area contributed by atoms with Gasteiger partial charge in [-0.05, 0) is 81.3 Å². The Balaban J connectivity index is 1.40. The summed E-state index contributed by atoms with van der Waals surface area (Å²) in [5.41, 5.74) is -0.102. The van der Waals surface area contributed by atoms with Crippen molar-refractivity contribution in [3.63, 3.8) is 0 Å². The van der Waals surface area contributed by atoms with Gasteiger partial charge in [-0.1, -0.05) is 12.1 Å². The summed E-state index contributed by atoms with van der Waals surface area (Å²) in [6.45, 7) is 3.58. The molecule has 0 amide bonds. The summed E-state index contributed by atoms with van der Waals surface area (Å²) in [5, 5.41) is 0. The van der Waals surface area contributed by atoms with Gasteiger partial charge in [0.1, 0.15) is 11.9 Å². The highest BCUT2D eigenvalue weighted by molar-refractivity contribution is 5.90. The van der Waals surface area contributed by atoms with Crippen LogP contribution in [0.4, 0.5) is 22.0 Å². The van der Waals surface area contributed by atoms with E-state index >= 15 is 0 Å². The smallest absolute Gasteiger partial charge is 0.341 e. The number of hydrogen-bond acceptors (Lipinski definition) is 4. The van der Waals surface area contributed by atoms with Gasteiger partial charge in [0.25, 0.3) is 0 Å². The number of hydrogen-bond donors (Lipinski definition) is 0. The molecule has 1 saturated carbocycles. The molecule has 0 N–H and O–H groups in total. The molecular weight excluding hydrogens is 507 g/mol. The van der Waals surface area contributed by atoms with Crippen molar-refractivity contribution in [1.29, 1.82) is 0 Å². The minimum absolute atomic E-state index is 0.0462. The molecule has 0 atom stereocenters. The average molecular weight is 535 g/mol. The molecule has 0 radical (unpaired) electrons. The molecule has 0 aromatic heterocycles. The van der Waals surface area contributed by atoms with Crippen molar-refractivity contribution >= 4 is 5.97 Å². The monoisotopic (exact) mass is 534 g/mol. The van der Waals surface area contributed by atoms with Gasteiger partial charge in [0.05, 0.1) is 18.8 Å². The lowest BCUT2D eigenvalue weighted by Gasteiger charge is -2.29. The number of benzene rings is 3. The van der Waals surface area contributed by atoms with Crippen LogP contribution in [-0.2, 0) is 4.74 Å². The Hall–Kier alpha value is -3.62. The van der Waals surface area contributed by atoms with Crippen LogP contribution < -0.4 is 9.47 Å². The predicted molar refractivity (Wildman–Crippen MR) is 131 cm³/mol. The van der Waals surface area contributed by atoms with E-state index in [1.54, 1.807) is 19.9 Å². The number of rotatable bonds is 8. The lowest BCUT2D eigenvalue weighted by atomic mass is 9.82. The Morgan fingerprint density at radius 3 is 1.92 bits per heavy atom. The maximum atomic E-state index is 15.0. The van der Waals surface area contributed by atoms with Gasteiger partial charge in [-0.25, -0.2) is 18.0 Å². The summed E-state index contributed by atoms with van der Waals surface area (Å²) in [5.74, 6) is -7.15. The van der Waals surface area contributed by atoms with Crippen LogP contribution >= 0.6 is 0 Å². The predicted octanol–water partition coefficient (Wildman–Crippen LogP) is 7.73. The second-order valence-electron chi connectivity index (χ2n) is 8.96. The van der Waals surface area contributed by atoms with E-state index in [1.165, 1.54) is 30.3 Å². The maximum Gasteiger partial charge on any atom is 0.341 e. The molecule has 38 heavy (non-hydrogen) atoms. The van der Waals surface area contributed by atoms with Gasteiger partial charge in [0.15, 0.2) is 23.1 Å². The van der Waals surface area contributed by atoms with Crippen molar-refractivity contribution in [2.24, 2.45) is 0 Å². The van der Waals surface area contributed by atoms with Gasteiger partial charge in [0, 0.05) is 11.1 Å². The van der Waals surface area contributed by atoms with Crippen LogP contribution in [0, 0.1) is 29.1 Å². The molecular formula is C29H27F5O4. The molecule has 1 aliphatic rings. The second kappa shape index (κ2) is 11.8. The van der Waals surface area contributed by atoms with Crippen molar-refractivity contribution in [1.82, 2.24) is 0 Å². The molecule has 0 unspecified atom stereocenters. The number of esters is 1. The van der Waals surface area contributed by atoms with Gasteiger partial charge < -0.3 is 14.2 Å². The van der Waals surface area contributed by atoms with Gasteiger partial charge >= 0.3 is 5.97 Å². The molecule has 4 rings (SSSR count). The van der Waals surface area contributed by atoms with E-state index < -0.39 is 46.7 Å². The SMILES string of the molecule is CCOc1ccc(C(=O)OC2CCC(c3ccc(-c4ccc(OCC)c(F)c4F)c(F)c3)CC2)c(F)c1F. The number of ether oxygens (including phenoxy) is 3. The Kier molecular flexibility index (Phi) is 8.54. The first-order chi connectivity index (χ1) is 18.2. The van der Waals surface area contributed by atoms with E-state index in [0.29, 0.717) is 31.2 Å². The van der Waals surface area contributed by atoms with Crippen LogP contribution in [0.5, 0.6) is 11.5 Å². The third-order valence-corrected chi connectivity index (χ3v) is 6.62. The minimum atomic E-state index is -1.32. The van der Waals surface area contributed by atoms with E-state index in [-0.39, 0.29) is 41.8 Å². The average Bonchev–Trinajstić information content (AvgIpc) is 2.90. The lowest BCUT2D eigenvalue weighted by Crippen LogP contribution is -2.24. The fourth-order valence-electron chi connectivity index (χ4n) is 4.70. The highest BCUT2D eigenvalue weighted by Crippen LogP contribution is 2.37. The first-order valence-electron chi connectivity index (χ1n) is 12.5. The van der Waals surface area contributed by atoms with Crippen LogP contribution in [0.3, 0.4) is 0 Å². The molecule has 0 heterocycles. The fourth-order valence-corrected chi connectivity index (χ4v) is 4.70. The quantitative estimate of drug-likeness (QED) is 0.219. The number of carbonyl (C=O) groups excluding carboxylic acids is 1. The Morgan fingerprint density at radius 1 is 0.737 bits per heavy atom. The highest BCUT2D eigenvalue weighted by Gasteiger charge is 2.28. The van der Waals surface area contributed by atoms with Crippen LogP contribution in [-0.4, -0.2) is 25.3 Å². The second-order valence-corrected chi connectivity index (χ2v) is 8.96. The standard InChI is InChI=1S/C29H27F5O4/c1-3-36-23-13-11-20(25(31)27(23)33)19-10-7-17(15-22(19)30)16-5-8-18(9-6-16)38-29(35)21-12-14-24(37-4-2)28(34)26(21)32/h7,10-16,18H,3-6,8-9H2,1-2H3. The summed E-state index contributed by atoms with van der Waals surface area (Å²) in [6, 6.07) is 9.24. The van der Waals surface area contributed by atoms with Crippen molar-refractivity contribution in [3.05, 3.63) is 82.7 Å². The van der Waals surface area contributed by atoms with E-state index in [1.807, 2.05) is 0 Å². The lowest BCUT2D eigenvalue weighted by molar-refractivity contribution is 0.0189. The van der Waals surface area contributed by atoms with E-state index in [4.69, 9.17) is 14.2 Å². The molecule has 3 aromatic carbocycles. The Bertz CT molecular complexity index is 1320. The van der Waals surface area contributed by atoms with Gasteiger partial charge in [0.2, 0.25) is 11.6 Å². The van der Waals surface area contributed by atoms with Gasteiger partial charge in [-0.3, -0.25) is 0 Å². The molecule has 0 spiro atoms. The van der Waals surface area contributed by atoms with Crippen LogP contribution in [0.2, 0.25) is 0 Å². The Morgan fingerprint density at radius 2 is 1.32 bits per heavy atom. The molecule has 1 aliphatic carbocycles. The largest absolute Gasteiger partial charge is 0.491 e. The van der Waals surface area contributed by atoms with E-state index in [2.05, 4.69) is 0 Å². The molecule has 202 valence electrons. The third kappa shape index (κ3) is 5.61. The summed E-state index contributed by atoms with van der Waals surface area (Å²) >= 11 is 0. The van der Waals surface area contributed by atoms with Gasteiger partial charge in [-0.15, -0.1) is 0 Å². The molecule has 3 aromatic rings. The number of carbonyl (C=O) groups is 1. The normalized spacial score (nSPS) is 17.2. The molecule has 0 saturated heterocycles. The number of halogens is 5. The van der Waals surface area contributed by atoms with Crippen LogP contribution in [0.15, 0.2) is 42.5 Å². The van der Waals surface area contributed by atoms with Crippen molar-refractivity contribution in [3.8, 4) is 22.6 Å². The van der Waals surface area contributed by atoms with Crippen molar-refractivity contribution in [2.45, 2.75) is 51.6 Å². The highest BCUT2D eigenvalue weighted by atomic mass is 19.2. The summed E-state index contributed by atoms with van der Waals surface area (Å²) in [6.07, 6.45) is 1.50. The fraction of sp³-hybridized carbons (Fsp3) is 0.345. The van der Waals surface area contributed by atoms with Crippen LogP contribution in [0.25, 0.3) is 11.1 Å². The summed E-state index contributed by atoms with van der Waals surface area (Å²) < 4.78 is 87.7. The van der Waals surface area contributed by atoms with E-state index in [0.717, 1.165) is 6.07 Å². The van der Waals surface area contributed by atoms with Gasteiger partial charge in [-0.2, -0.15) is 8.78 Å². The molecule has 4 nitrogen and oxygen atoms in total. The van der Waals surface area contributed by atoms with E-state index in [9.17, 15) is 26.7 Å². The zero-order valence-electron chi connectivity index (χ0n) is 21.0. The minimum Gasteiger partial charge on any atom is -0.491 e. The molecule has 0 bridgehead atoms. The van der Waals surface area contributed by atoms with Crippen LogP contribution in [0.1, 0.15) is 61.4 Å². The summed E-state index contributed by atoms with van der Waals surface area (Å²) in [4.78, 5) is 12.4. The first-order valence-corrected chi connectivity index (χ1v) is 12.5. The zero-order chi connectivity index (χ0) is 27.4. The zero-order valence-corrected chi connectivity index (χ0v) is 21.0. The maximum absolute atomic E-state index is 15.0. The Labute approximate surface area is 217 Å². The summed E-state index contributed by atoms with van der Waals surface area (Å²) in [7, 11) is 0. The molecule has 9 heteroatoms. The molecule has 0 aliphatic heterocycles.